The van der Waals surface area contributed by atoms with Crippen molar-refractivity contribution in [3.05, 3.63) is 23.8 Å². The molecule has 0 aromatic carbocycles. The van der Waals surface area contributed by atoms with E-state index in [1.165, 1.54) is 24.8 Å². The van der Waals surface area contributed by atoms with Crippen molar-refractivity contribution in [3.63, 3.8) is 0 Å². The molecular formula is C16H29NO. The Kier molecular flexibility index (Phi) is 7.29. The fourth-order valence-corrected chi connectivity index (χ4v) is 2.43. The molecule has 2 atom stereocenters. The van der Waals surface area contributed by atoms with Crippen LogP contribution in [0.25, 0.3) is 0 Å². The third-order valence-electron chi connectivity index (χ3n) is 3.34. The highest BCUT2D eigenvalue weighted by Crippen LogP contribution is 2.20. The van der Waals surface area contributed by atoms with Crippen LogP contribution in [0, 0.1) is 5.92 Å². The van der Waals surface area contributed by atoms with E-state index in [0.29, 0.717) is 12.0 Å². The van der Waals surface area contributed by atoms with E-state index in [2.05, 4.69) is 51.2 Å². The third-order valence-corrected chi connectivity index (χ3v) is 3.34. The van der Waals surface area contributed by atoms with Crippen LogP contribution in [0.5, 0.6) is 0 Å². The standard InChI is InChI=1S/C16H29NO/c1-5-9-14(6-2)16(18-12-13(3)4)15-10-7-8-11-17-15/h5-6,9,13,15-17H,7-8,10-12H2,1-4H3/b9-5-,14-6+. The van der Waals surface area contributed by atoms with E-state index in [-0.39, 0.29) is 6.10 Å². The Hall–Kier alpha value is -0.600. The van der Waals surface area contributed by atoms with Gasteiger partial charge in [0, 0.05) is 12.6 Å². The quantitative estimate of drug-likeness (QED) is 0.727. The molecule has 1 aliphatic heterocycles. The molecule has 1 saturated heterocycles. The first-order valence-corrected chi connectivity index (χ1v) is 7.33. The number of ether oxygens (including phenoxy) is 1. The lowest BCUT2D eigenvalue weighted by atomic mass is 9.94. The summed E-state index contributed by atoms with van der Waals surface area (Å²) >= 11 is 0. The minimum absolute atomic E-state index is 0.203. The summed E-state index contributed by atoms with van der Waals surface area (Å²) in [6, 6.07) is 0.472. The van der Waals surface area contributed by atoms with Gasteiger partial charge in [0.15, 0.2) is 0 Å². The van der Waals surface area contributed by atoms with Crippen molar-refractivity contribution in [2.45, 2.75) is 59.1 Å². The van der Waals surface area contributed by atoms with Crippen molar-refractivity contribution in [1.29, 1.82) is 0 Å². The van der Waals surface area contributed by atoms with Crippen LogP contribution < -0.4 is 5.32 Å². The third kappa shape index (κ3) is 4.95. The van der Waals surface area contributed by atoms with Crippen molar-refractivity contribution < 1.29 is 4.74 Å². The number of hydrogen-bond donors (Lipinski definition) is 1. The lowest BCUT2D eigenvalue weighted by molar-refractivity contribution is 0.0299. The summed E-state index contributed by atoms with van der Waals surface area (Å²) in [6.45, 7) is 10.5. The van der Waals surface area contributed by atoms with Gasteiger partial charge in [-0.05, 0) is 44.7 Å². The minimum Gasteiger partial charge on any atom is -0.372 e. The Balaban J connectivity index is 2.71. The number of nitrogens with one attached hydrogen (secondary N) is 1. The van der Waals surface area contributed by atoms with Gasteiger partial charge in [-0.3, -0.25) is 0 Å². The average Bonchev–Trinajstić information content (AvgIpc) is 2.38. The molecule has 1 fully saturated rings. The van der Waals surface area contributed by atoms with E-state index >= 15 is 0 Å². The molecular weight excluding hydrogens is 222 g/mol. The normalized spacial score (nSPS) is 23.8. The summed E-state index contributed by atoms with van der Waals surface area (Å²) in [7, 11) is 0. The second-order valence-electron chi connectivity index (χ2n) is 5.49. The summed E-state index contributed by atoms with van der Waals surface area (Å²) in [4.78, 5) is 0. The Bertz CT molecular complexity index is 275. The molecule has 0 spiro atoms. The smallest absolute Gasteiger partial charge is 0.0974 e. The van der Waals surface area contributed by atoms with Crippen LogP contribution in [0.3, 0.4) is 0 Å². The van der Waals surface area contributed by atoms with E-state index < -0.39 is 0 Å². The number of rotatable bonds is 6. The predicted octanol–water partition coefficient (Wildman–Crippen LogP) is 3.69. The predicted molar refractivity (Wildman–Crippen MR) is 78.8 cm³/mol. The molecule has 0 amide bonds. The monoisotopic (exact) mass is 251 g/mol. The molecule has 2 nitrogen and oxygen atoms in total. The summed E-state index contributed by atoms with van der Waals surface area (Å²) < 4.78 is 6.17. The Morgan fingerprint density at radius 1 is 1.33 bits per heavy atom. The van der Waals surface area contributed by atoms with Crippen LogP contribution in [0.15, 0.2) is 23.8 Å². The number of piperidine rings is 1. The Morgan fingerprint density at radius 3 is 2.61 bits per heavy atom. The summed E-state index contributed by atoms with van der Waals surface area (Å²) in [5.41, 5.74) is 1.30. The molecule has 2 heteroatoms. The average molecular weight is 251 g/mol. The van der Waals surface area contributed by atoms with E-state index in [0.717, 1.165) is 13.2 Å². The van der Waals surface area contributed by atoms with E-state index in [1.807, 2.05) is 0 Å². The summed E-state index contributed by atoms with van der Waals surface area (Å²) in [5.74, 6) is 0.583. The highest BCUT2D eigenvalue weighted by Gasteiger charge is 2.25. The molecule has 104 valence electrons. The first-order valence-electron chi connectivity index (χ1n) is 7.33. The van der Waals surface area contributed by atoms with Gasteiger partial charge in [-0.2, -0.15) is 0 Å². The maximum Gasteiger partial charge on any atom is 0.0974 e. The molecule has 0 aromatic rings. The van der Waals surface area contributed by atoms with E-state index in [1.54, 1.807) is 0 Å². The van der Waals surface area contributed by atoms with Gasteiger partial charge in [-0.1, -0.05) is 38.5 Å². The first kappa shape index (κ1) is 15.5. The molecule has 1 heterocycles. The lowest BCUT2D eigenvalue weighted by Crippen LogP contribution is -2.45. The fourth-order valence-electron chi connectivity index (χ4n) is 2.43. The van der Waals surface area contributed by atoms with Crippen molar-refractivity contribution in [3.8, 4) is 0 Å². The van der Waals surface area contributed by atoms with Gasteiger partial charge >= 0.3 is 0 Å². The van der Waals surface area contributed by atoms with Crippen molar-refractivity contribution in [1.82, 2.24) is 5.32 Å². The van der Waals surface area contributed by atoms with Gasteiger partial charge in [-0.25, -0.2) is 0 Å². The zero-order valence-electron chi connectivity index (χ0n) is 12.4. The van der Waals surface area contributed by atoms with Crippen LogP contribution >= 0.6 is 0 Å². The second-order valence-corrected chi connectivity index (χ2v) is 5.49. The Morgan fingerprint density at radius 2 is 2.11 bits per heavy atom. The van der Waals surface area contributed by atoms with Gasteiger partial charge in [-0.15, -0.1) is 0 Å². The molecule has 0 aliphatic carbocycles. The molecule has 18 heavy (non-hydrogen) atoms. The highest BCUT2D eigenvalue weighted by atomic mass is 16.5. The molecule has 1 rings (SSSR count). The minimum atomic E-state index is 0.203. The van der Waals surface area contributed by atoms with Crippen molar-refractivity contribution in [2.24, 2.45) is 5.92 Å². The van der Waals surface area contributed by atoms with Gasteiger partial charge in [0.25, 0.3) is 0 Å². The largest absolute Gasteiger partial charge is 0.372 e. The molecule has 0 aromatic heterocycles. The second kappa shape index (κ2) is 8.49. The maximum atomic E-state index is 6.17. The molecule has 1 aliphatic rings. The molecule has 0 radical (unpaired) electrons. The first-order chi connectivity index (χ1) is 8.69. The van der Waals surface area contributed by atoms with Crippen LogP contribution in [0.2, 0.25) is 0 Å². The van der Waals surface area contributed by atoms with Crippen LogP contribution in [-0.4, -0.2) is 25.3 Å². The van der Waals surface area contributed by atoms with Crippen molar-refractivity contribution in [2.75, 3.05) is 13.2 Å². The number of hydrogen-bond acceptors (Lipinski definition) is 2. The topological polar surface area (TPSA) is 21.3 Å². The summed E-state index contributed by atoms with van der Waals surface area (Å²) in [5, 5.41) is 3.62. The zero-order valence-corrected chi connectivity index (χ0v) is 12.4. The van der Waals surface area contributed by atoms with Crippen LogP contribution in [0.1, 0.15) is 47.0 Å². The SMILES string of the molecule is C/C=C\C(=C/C)C(OCC(C)C)C1CCCCN1. The highest BCUT2D eigenvalue weighted by molar-refractivity contribution is 5.24. The fraction of sp³-hybridized carbons (Fsp3) is 0.750. The maximum absolute atomic E-state index is 6.17. The van der Waals surface area contributed by atoms with Gasteiger partial charge in [0.05, 0.1) is 6.10 Å². The van der Waals surface area contributed by atoms with Crippen LogP contribution in [-0.2, 0) is 4.74 Å². The zero-order chi connectivity index (χ0) is 13.4. The Labute approximate surface area is 112 Å². The molecule has 0 bridgehead atoms. The van der Waals surface area contributed by atoms with Gasteiger partial charge in [0.2, 0.25) is 0 Å². The number of allylic oxidation sites excluding steroid dienone is 2. The van der Waals surface area contributed by atoms with Gasteiger partial charge < -0.3 is 10.1 Å². The van der Waals surface area contributed by atoms with Crippen molar-refractivity contribution >= 4 is 0 Å². The molecule has 2 unspecified atom stereocenters. The molecule has 0 saturated carbocycles. The van der Waals surface area contributed by atoms with Crippen LogP contribution in [0.4, 0.5) is 0 Å². The van der Waals surface area contributed by atoms with E-state index in [4.69, 9.17) is 4.74 Å². The summed E-state index contributed by atoms with van der Waals surface area (Å²) in [6.07, 6.45) is 10.5. The molecule has 1 N–H and O–H groups in total. The van der Waals surface area contributed by atoms with E-state index in [9.17, 15) is 0 Å². The van der Waals surface area contributed by atoms with Gasteiger partial charge in [0.1, 0.15) is 0 Å². The lowest BCUT2D eigenvalue weighted by Gasteiger charge is -2.32.